The number of nitrogens with zero attached hydrogens (tertiary/aromatic N) is 3. The van der Waals surface area contributed by atoms with E-state index in [1.54, 1.807) is 12.3 Å². The first-order chi connectivity index (χ1) is 6.74. The Morgan fingerprint density at radius 2 is 2.36 bits per heavy atom. The van der Waals surface area contributed by atoms with E-state index < -0.39 is 6.10 Å². The Bertz CT molecular complexity index is 452. The summed E-state index contributed by atoms with van der Waals surface area (Å²) < 4.78 is 1.47. The van der Waals surface area contributed by atoms with Crippen LogP contribution in [0, 0.1) is 0 Å². The van der Waals surface area contributed by atoms with E-state index in [1.807, 2.05) is 0 Å². The number of aliphatic hydroxyl groups excluding tert-OH is 1. The molecule has 1 unspecified atom stereocenters. The second-order valence-electron chi connectivity index (χ2n) is 2.96. The van der Waals surface area contributed by atoms with Crippen molar-refractivity contribution in [2.75, 3.05) is 12.3 Å². The van der Waals surface area contributed by atoms with E-state index in [-0.39, 0.29) is 6.54 Å². The molecule has 2 rings (SSSR count). The molecule has 0 spiro atoms. The van der Waals surface area contributed by atoms with Gasteiger partial charge in [-0.2, -0.15) is 9.61 Å². The lowest BCUT2D eigenvalue weighted by atomic mass is 10.2. The topological polar surface area (TPSA) is 102 Å². The van der Waals surface area contributed by atoms with Crippen LogP contribution >= 0.6 is 0 Å². The maximum atomic E-state index is 9.55. The lowest BCUT2D eigenvalue weighted by Gasteiger charge is -2.04. The maximum Gasteiger partial charge on any atom is 0.163 e. The Hall–Kier alpha value is -1.66. The maximum absolute atomic E-state index is 9.55. The van der Waals surface area contributed by atoms with Crippen molar-refractivity contribution in [1.29, 1.82) is 0 Å². The Balaban J connectivity index is 2.63. The third-order valence-electron chi connectivity index (χ3n) is 2.04. The average Bonchev–Trinajstić information content (AvgIpc) is 2.62. The third kappa shape index (κ3) is 1.21. The number of anilines is 1. The van der Waals surface area contributed by atoms with Gasteiger partial charge in [0.05, 0.1) is 12.3 Å². The molecule has 0 aromatic carbocycles. The van der Waals surface area contributed by atoms with Gasteiger partial charge >= 0.3 is 0 Å². The standard InChI is InChI=1S/C8H11N5O/c9-3-6(14)5-4-12-13-7(10)1-2-11-8(5)13/h1-2,4,6,14H,3,9-10H2. The smallest absolute Gasteiger partial charge is 0.163 e. The van der Waals surface area contributed by atoms with Crippen molar-refractivity contribution >= 4 is 11.5 Å². The molecule has 0 fully saturated rings. The molecule has 5 N–H and O–H groups in total. The van der Waals surface area contributed by atoms with Crippen molar-refractivity contribution in [3.05, 3.63) is 24.0 Å². The van der Waals surface area contributed by atoms with Crippen LogP contribution in [0.4, 0.5) is 5.82 Å². The summed E-state index contributed by atoms with van der Waals surface area (Å²) in [6.07, 6.45) is 2.34. The summed E-state index contributed by atoms with van der Waals surface area (Å²) in [7, 11) is 0. The van der Waals surface area contributed by atoms with E-state index >= 15 is 0 Å². The fourth-order valence-electron chi connectivity index (χ4n) is 1.29. The first-order valence-electron chi connectivity index (χ1n) is 4.20. The van der Waals surface area contributed by atoms with E-state index in [0.29, 0.717) is 17.0 Å². The predicted octanol–water partition coefficient (Wildman–Crippen LogP) is -0.696. The first-order valence-corrected chi connectivity index (χ1v) is 4.20. The third-order valence-corrected chi connectivity index (χ3v) is 2.04. The van der Waals surface area contributed by atoms with Crippen molar-refractivity contribution in [2.24, 2.45) is 5.73 Å². The first kappa shape index (κ1) is 8.92. The Morgan fingerprint density at radius 1 is 1.57 bits per heavy atom. The predicted molar refractivity (Wildman–Crippen MR) is 51.4 cm³/mol. The van der Waals surface area contributed by atoms with Crippen molar-refractivity contribution < 1.29 is 5.11 Å². The molecule has 0 bridgehead atoms. The van der Waals surface area contributed by atoms with Crippen LogP contribution in [0.15, 0.2) is 18.5 Å². The number of hydrogen-bond donors (Lipinski definition) is 3. The van der Waals surface area contributed by atoms with Gasteiger partial charge in [-0.1, -0.05) is 0 Å². The quantitative estimate of drug-likeness (QED) is 0.585. The summed E-state index contributed by atoms with van der Waals surface area (Å²) in [5, 5.41) is 13.5. The molecule has 2 aromatic rings. The highest BCUT2D eigenvalue weighted by Crippen LogP contribution is 2.17. The van der Waals surface area contributed by atoms with E-state index in [2.05, 4.69) is 10.1 Å². The monoisotopic (exact) mass is 193 g/mol. The number of rotatable bonds is 2. The number of hydrogen-bond acceptors (Lipinski definition) is 5. The van der Waals surface area contributed by atoms with Crippen molar-refractivity contribution in [3.8, 4) is 0 Å². The van der Waals surface area contributed by atoms with Gasteiger partial charge in [-0.15, -0.1) is 0 Å². The van der Waals surface area contributed by atoms with Crippen LogP contribution in [-0.2, 0) is 0 Å². The minimum atomic E-state index is -0.748. The molecule has 0 amide bonds. The van der Waals surface area contributed by atoms with Gasteiger partial charge in [-0.05, 0) is 6.07 Å². The van der Waals surface area contributed by atoms with Crippen LogP contribution < -0.4 is 11.5 Å². The fraction of sp³-hybridized carbons (Fsp3) is 0.250. The van der Waals surface area contributed by atoms with Crippen LogP contribution in [0.3, 0.4) is 0 Å². The molecule has 0 saturated carbocycles. The van der Waals surface area contributed by atoms with Crippen LogP contribution in [0.2, 0.25) is 0 Å². The van der Waals surface area contributed by atoms with Gasteiger partial charge in [0, 0.05) is 18.3 Å². The van der Waals surface area contributed by atoms with Gasteiger partial charge in [-0.3, -0.25) is 0 Å². The summed E-state index contributed by atoms with van der Waals surface area (Å²) in [5.74, 6) is 0.477. The SMILES string of the molecule is NCC(O)c1cnn2c(N)ccnc12. The lowest BCUT2D eigenvalue weighted by Crippen LogP contribution is -2.11. The van der Waals surface area contributed by atoms with Gasteiger partial charge in [0.25, 0.3) is 0 Å². The molecule has 0 aliphatic heterocycles. The molecule has 0 radical (unpaired) electrons. The molecule has 2 aromatic heterocycles. The molecule has 0 saturated heterocycles. The second kappa shape index (κ2) is 3.24. The van der Waals surface area contributed by atoms with Crippen LogP contribution in [0.1, 0.15) is 11.7 Å². The number of nitrogens with two attached hydrogens (primary N) is 2. The highest BCUT2D eigenvalue weighted by molar-refractivity contribution is 5.52. The van der Waals surface area contributed by atoms with Gasteiger partial charge in [-0.25, -0.2) is 4.98 Å². The second-order valence-corrected chi connectivity index (χ2v) is 2.96. The lowest BCUT2D eigenvalue weighted by molar-refractivity contribution is 0.188. The Morgan fingerprint density at radius 3 is 3.07 bits per heavy atom. The van der Waals surface area contributed by atoms with Gasteiger partial charge in [0.1, 0.15) is 5.82 Å². The molecular formula is C8H11N5O. The highest BCUT2D eigenvalue weighted by atomic mass is 16.3. The Labute approximate surface area is 80.2 Å². The summed E-state index contributed by atoms with van der Waals surface area (Å²) in [5.41, 5.74) is 12.1. The van der Waals surface area contributed by atoms with Crippen LogP contribution in [0.25, 0.3) is 5.65 Å². The summed E-state index contributed by atoms with van der Waals surface area (Å²) in [6, 6.07) is 1.64. The van der Waals surface area contributed by atoms with Crippen molar-refractivity contribution in [2.45, 2.75) is 6.10 Å². The summed E-state index contributed by atoms with van der Waals surface area (Å²) >= 11 is 0. The van der Waals surface area contributed by atoms with Gasteiger partial charge in [0.2, 0.25) is 0 Å². The fourth-order valence-corrected chi connectivity index (χ4v) is 1.29. The largest absolute Gasteiger partial charge is 0.387 e. The zero-order chi connectivity index (χ0) is 10.1. The number of fused-ring (bicyclic) bond motifs is 1. The number of nitrogen functional groups attached to an aromatic ring is 1. The summed E-state index contributed by atoms with van der Waals surface area (Å²) in [4.78, 5) is 4.08. The molecule has 0 aliphatic carbocycles. The van der Waals surface area contributed by atoms with E-state index in [0.717, 1.165) is 0 Å². The highest BCUT2D eigenvalue weighted by Gasteiger charge is 2.13. The van der Waals surface area contributed by atoms with Crippen LogP contribution in [-0.4, -0.2) is 26.2 Å². The van der Waals surface area contributed by atoms with Crippen molar-refractivity contribution in [3.63, 3.8) is 0 Å². The minimum absolute atomic E-state index is 0.137. The van der Waals surface area contributed by atoms with E-state index in [9.17, 15) is 5.11 Å². The number of aromatic nitrogens is 3. The van der Waals surface area contributed by atoms with Gasteiger partial charge < -0.3 is 16.6 Å². The van der Waals surface area contributed by atoms with Crippen molar-refractivity contribution in [1.82, 2.24) is 14.6 Å². The zero-order valence-electron chi connectivity index (χ0n) is 7.46. The van der Waals surface area contributed by atoms with E-state index in [1.165, 1.54) is 10.7 Å². The molecule has 6 nitrogen and oxygen atoms in total. The zero-order valence-corrected chi connectivity index (χ0v) is 7.46. The summed E-state index contributed by atoms with van der Waals surface area (Å²) in [6.45, 7) is 0.137. The molecule has 74 valence electrons. The average molecular weight is 193 g/mol. The Kier molecular flexibility index (Phi) is 2.06. The van der Waals surface area contributed by atoms with E-state index in [4.69, 9.17) is 11.5 Å². The molecule has 14 heavy (non-hydrogen) atoms. The number of aliphatic hydroxyl groups is 1. The minimum Gasteiger partial charge on any atom is -0.387 e. The van der Waals surface area contributed by atoms with Gasteiger partial charge in [0.15, 0.2) is 5.65 Å². The molecular weight excluding hydrogens is 182 g/mol. The normalized spacial score (nSPS) is 13.3. The molecule has 6 heteroatoms. The molecule has 1 atom stereocenters. The molecule has 2 heterocycles. The molecule has 0 aliphatic rings. The van der Waals surface area contributed by atoms with Crippen LogP contribution in [0.5, 0.6) is 0 Å².